The van der Waals surface area contributed by atoms with Crippen LogP contribution in [0, 0.1) is 0 Å². The van der Waals surface area contributed by atoms with Crippen molar-refractivity contribution in [1.82, 2.24) is 0 Å². The van der Waals surface area contributed by atoms with E-state index in [4.69, 9.17) is 4.74 Å². The van der Waals surface area contributed by atoms with Crippen LogP contribution in [0.15, 0.2) is 54.6 Å². The van der Waals surface area contributed by atoms with Crippen molar-refractivity contribution in [2.24, 2.45) is 0 Å². The third-order valence-electron chi connectivity index (χ3n) is 4.10. The fourth-order valence-electron chi connectivity index (χ4n) is 2.30. The molecule has 0 heterocycles. The van der Waals surface area contributed by atoms with Gasteiger partial charge in [0, 0.05) is 25.9 Å². The van der Waals surface area contributed by atoms with E-state index in [1.807, 2.05) is 67.5 Å². The first-order chi connectivity index (χ1) is 11.5. The molecule has 0 fully saturated rings. The summed E-state index contributed by atoms with van der Waals surface area (Å²) in [6.45, 7) is 4.35. The summed E-state index contributed by atoms with van der Waals surface area (Å²) in [5, 5.41) is 0. The van der Waals surface area contributed by atoms with Gasteiger partial charge in [0.2, 0.25) is 0 Å². The van der Waals surface area contributed by atoms with Crippen molar-refractivity contribution in [3.05, 3.63) is 65.7 Å². The molecule has 0 N–H and O–H groups in total. The quantitative estimate of drug-likeness (QED) is 0.431. The van der Waals surface area contributed by atoms with E-state index < -0.39 is 0 Å². The van der Waals surface area contributed by atoms with Crippen molar-refractivity contribution in [3.63, 3.8) is 0 Å². The molecule has 0 amide bonds. The number of anilines is 1. The molecule has 3 heteroatoms. The molecular formula is C21H25NO2. The molecule has 1 atom stereocenters. The maximum absolute atomic E-state index is 11.9. The zero-order valence-electron chi connectivity index (χ0n) is 14.8. The van der Waals surface area contributed by atoms with Crippen molar-refractivity contribution < 1.29 is 9.53 Å². The number of benzene rings is 2. The summed E-state index contributed by atoms with van der Waals surface area (Å²) in [5.74, 6) is 0.711. The summed E-state index contributed by atoms with van der Waals surface area (Å²) in [7, 11) is 3.99. The van der Waals surface area contributed by atoms with Crippen LogP contribution in [0.25, 0.3) is 6.08 Å². The van der Waals surface area contributed by atoms with Crippen LogP contribution in [0.2, 0.25) is 0 Å². The van der Waals surface area contributed by atoms with Crippen LogP contribution < -0.4 is 9.64 Å². The summed E-state index contributed by atoms with van der Waals surface area (Å²) in [6.07, 6.45) is 4.30. The van der Waals surface area contributed by atoms with E-state index in [-0.39, 0.29) is 5.97 Å². The Labute approximate surface area is 144 Å². The lowest BCUT2D eigenvalue weighted by atomic mass is 9.99. The van der Waals surface area contributed by atoms with Crippen LogP contribution in [0.1, 0.15) is 37.3 Å². The van der Waals surface area contributed by atoms with Crippen molar-refractivity contribution in [3.8, 4) is 5.75 Å². The molecule has 0 saturated carbocycles. The van der Waals surface area contributed by atoms with Gasteiger partial charge in [-0.3, -0.25) is 0 Å². The topological polar surface area (TPSA) is 29.5 Å². The smallest absolute Gasteiger partial charge is 0.336 e. The average molecular weight is 323 g/mol. The van der Waals surface area contributed by atoms with Gasteiger partial charge in [-0.15, -0.1) is 0 Å². The second-order valence-electron chi connectivity index (χ2n) is 6.12. The van der Waals surface area contributed by atoms with E-state index in [0.29, 0.717) is 11.7 Å². The molecular weight excluding hydrogens is 298 g/mol. The van der Waals surface area contributed by atoms with Gasteiger partial charge in [0.1, 0.15) is 5.75 Å². The number of rotatable bonds is 6. The van der Waals surface area contributed by atoms with Crippen molar-refractivity contribution in [2.45, 2.75) is 26.2 Å². The minimum Gasteiger partial charge on any atom is -0.423 e. The Bertz CT molecular complexity index is 685. The van der Waals surface area contributed by atoms with Crippen LogP contribution in [-0.2, 0) is 4.79 Å². The van der Waals surface area contributed by atoms with Crippen LogP contribution >= 0.6 is 0 Å². The number of ether oxygens (including phenoxy) is 1. The van der Waals surface area contributed by atoms with E-state index in [1.54, 1.807) is 6.08 Å². The highest BCUT2D eigenvalue weighted by atomic mass is 16.5. The molecule has 0 aliphatic carbocycles. The highest BCUT2D eigenvalue weighted by molar-refractivity contribution is 5.88. The SMILES string of the molecule is CCC(C)c1ccc(OC(=O)/C=C/c2ccc(N(C)C)cc2)cc1. The largest absolute Gasteiger partial charge is 0.423 e. The first-order valence-electron chi connectivity index (χ1n) is 8.27. The summed E-state index contributed by atoms with van der Waals surface area (Å²) in [4.78, 5) is 14.0. The molecule has 24 heavy (non-hydrogen) atoms. The average Bonchev–Trinajstić information content (AvgIpc) is 2.60. The lowest BCUT2D eigenvalue weighted by Gasteiger charge is -2.11. The lowest BCUT2D eigenvalue weighted by molar-refractivity contribution is -0.128. The van der Waals surface area contributed by atoms with E-state index >= 15 is 0 Å². The molecule has 2 rings (SSSR count). The highest BCUT2D eigenvalue weighted by Crippen LogP contribution is 2.21. The van der Waals surface area contributed by atoms with Gasteiger partial charge in [0.05, 0.1) is 0 Å². The molecule has 2 aromatic rings. The lowest BCUT2D eigenvalue weighted by Crippen LogP contribution is -2.08. The minimum absolute atomic E-state index is 0.372. The molecule has 0 bridgehead atoms. The third-order valence-corrected chi connectivity index (χ3v) is 4.10. The van der Waals surface area contributed by atoms with E-state index in [1.165, 1.54) is 11.6 Å². The summed E-state index contributed by atoms with van der Waals surface area (Å²) >= 11 is 0. The van der Waals surface area contributed by atoms with E-state index in [9.17, 15) is 4.79 Å². The van der Waals surface area contributed by atoms with Crippen molar-refractivity contribution >= 4 is 17.7 Å². The molecule has 3 nitrogen and oxygen atoms in total. The summed E-state index contributed by atoms with van der Waals surface area (Å²) in [6, 6.07) is 15.7. The standard InChI is InChI=1S/C21H25NO2/c1-5-16(2)18-9-13-20(14-10-18)24-21(23)15-8-17-6-11-19(12-7-17)22(3)4/h6-16H,5H2,1-4H3/b15-8+. The second-order valence-corrected chi connectivity index (χ2v) is 6.12. The highest BCUT2D eigenvalue weighted by Gasteiger charge is 2.04. The zero-order chi connectivity index (χ0) is 17.5. The summed E-state index contributed by atoms with van der Waals surface area (Å²) < 4.78 is 5.33. The molecule has 126 valence electrons. The van der Waals surface area contributed by atoms with Crippen LogP contribution in [0.5, 0.6) is 5.75 Å². The van der Waals surface area contributed by atoms with Gasteiger partial charge >= 0.3 is 5.97 Å². The molecule has 0 radical (unpaired) electrons. The van der Waals surface area contributed by atoms with Gasteiger partial charge in [-0.1, -0.05) is 38.1 Å². The fraction of sp³-hybridized carbons (Fsp3) is 0.286. The summed E-state index contributed by atoms with van der Waals surface area (Å²) in [5.41, 5.74) is 3.34. The Balaban J connectivity index is 1.94. The number of esters is 1. The molecule has 2 aromatic carbocycles. The third kappa shape index (κ3) is 4.98. The fourth-order valence-corrected chi connectivity index (χ4v) is 2.30. The maximum atomic E-state index is 11.9. The van der Waals surface area contributed by atoms with Gasteiger partial charge in [-0.25, -0.2) is 4.79 Å². The Hall–Kier alpha value is -2.55. The minimum atomic E-state index is -0.372. The molecule has 1 unspecified atom stereocenters. The number of hydrogen-bond donors (Lipinski definition) is 0. The normalized spacial score (nSPS) is 12.2. The number of carbonyl (C=O) groups excluding carboxylic acids is 1. The van der Waals surface area contributed by atoms with Crippen LogP contribution in [0.3, 0.4) is 0 Å². The van der Waals surface area contributed by atoms with Crippen molar-refractivity contribution in [1.29, 1.82) is 0 Å². The van der Waals surface area contributed by atoms with Gasteiger partial charge < -0.3 is 9.64 Å². The van der Waals surface area contributed by atoms with Crippen LogP contribution in [0.4, 0.5) is 5.69 Å². The van der Waals surface area contributed by atoms with Crippen LogP contribution in [-0.4, -0.2) is 20.1 Å². The Morgan fingerprint density at radius 3 is 2.25 bits per heavy atom. The molecule has 0 aliphatic rings. The molecule has 0 spiro atoms. The monoisotopic (exact) mass is 323 g/mol. The maximum Gasteiger partial charge on any atom is 0.336 e. The molecule has 0 aliphatic heterocycles. The van der Waals surface area contributed by atoms with Gasteiger partial charge in [-0.05, 0) is 53.8 Å². The van der Waals surface area contributed by atoms with Gasteiger partial charge in [0.25, 0.3) is 0 Å². The first kappa shape index (κ1) is 17.8. The Morgan fingerprint density at radius 2 is 1.71 bits per heavy atom. The number of hydrogen-bond acceptors (Lipinski definition) is 3. The second kappa shape index (κ2) is 8.34. The molecule has 0 aromatic heterocycles. The predicted molar refractivity (Wildman–Crippen MR) is 101 cm³/mol. The Kier molecular flexibility index (Phi) is 6.19. The molecule has 0 saturated heterocycles. The first-order valence-corrected chi connectivity index (χ1v) is 8.27. The van der Waals surface area contributed by atoms with Gasteiger partial charge in [0.15, 0.2) is 0 Å². The zero-order valence-corrected chi connectivity index (χ0v) is 14.8. The number of nitrogens with zero attached hydrogens (tertiary/aromatic N) is 1. The van der Waals surface area contributed by atoms with Crippen molar-refractivity contribution in [2.75, 3.05) is 19.0 Å². The number of carbonyl (C=O) groups is 1. The predicted octanol–water partition coefficient (Wildman–Crippen LogP) is 4.88. The van der Waals surface area contributed by atoms with Gasteiger partial charge in [-0.2, -0.15) is 0 Å². The Morgan fingerprint density at radius 1 is 1.08 bits per heavy atom. The van der Waals surface area contributed by atoms with E-state index in [0.717, 1.165) is 17.7 Å². The van der Waals surface area contributed by atoms with E-state index in [2.05, 4.69) is 13.8 Å².